The predicted molar refractivity (Wildman–Crippen MR) is 113 cm³/mol. The highest BCUT2D eigenvalue weighted by Crippen LogP contribution is 2.30. The summed E-state index contributed by atoms with van der Waals surface area (Å²) >= 11 is 0. The van der Waals surface area contributed by atoms with Crippen LogP contribution in [0.25, 0.3) is 22.0 Å². The monoisotopic (exact) mass is 384 g/mol. The molecule has 0 unspecified atom stereocenters. The lowest BCUT2D eigenvalue weighted by Crippen LogP contribution is -2.12. The van der Waals surface area contributed by atoms with E-state index in [2.05, 4.69) is 20.3 Å². The van der Waals surface area contributed by atoms with Gasteiger partial charge in [-0.2, -0.15) is 0 Å². The van der Waals surface area contributed by atoms with Gasteiger partial charge in [0.2, 0.25) is 0 Å². The van der Waals surface area contributed by atoms with E-state index >= 15 is 0 Å². The quantitative estimate of drug-likeness (QED) is 0.538. The van der Waals surface area contributed by atoms with Crippen molar-refractivity contribution in [2.45, 2.75) is 20.0 Å². The van der Waals surface area contributed by atoms with E-state index in [1.54, 1.807) is 42.9 Å². The van der Waals surface area contributed by atoms with Crippen LogP contribution in [0, 0.1) is 0 Å². The van der Waals surface area contributed by atoms with Gasteiger partial charge >= 0.3 is 0 Å². The van der Waals surface area contributed by atoms with Crippen molar-refractivity contribution in [1.29, 1.82) is 0 Å². The number of nitrogens with zero attached hydrogens (tertiary/aromatic N) is 3. The van der Waals surface area contributed by atoms with Crippen molar-refractivity contribution >= 4 is 22.5 Å². The summed E-state index contributed by atoms with van der Waals surface area (Å²) in [5, 5.41) is 3.88. The molecule has 0 aliphatic rings. The van der Waals surface area contributed by atoms with Crippen molar-refractivity contribution in [1.82, 2.24) is 15.0 Å². The van der Waals surface area contributed by atoms with Gasteiger partial charge in [-0.1, -0.05) is 12.1 Å². The first kappa shape index (κ1) is 18.6. The summed E-state index contributed by atoms with van der Waals surface area (Å²) < 4.78 is 5.63. The Bertz CT molecular complexity index is 1140. The van der Waals surface area contributed by atoms with Gasteiger partial charge in [0.15, 0.2) is 0 Å². The first-order valence-corrected chi connectivity index (χ1v) is 9.33. The van der Waals surface area contributed by atoms with Crippen LogP contribution in [0.3, 0.4) is 0 Å². The number of ether oxygens (including phenoxy) is 1. The molecule has 144 valence electrons. The van der Waals surface area contributed by atoms with Gasteiger partial charge in [0.05, 0.1) is 17.3 Å². The Morgan fingerprint density at radius 3 is 2.48 bits per heavy atom. The zero-order valence-electron chi connectivity index (χ0n) is 16.2. The lowest BCUT2D eigenvalue weighted by atomic mass is 10.0. The Morgan fingerprint density at radius 1 is 1.00 bits per heavy atom. The van der Waals surface area contributed by atoms with Crippen molar-refractivity contribution in [3.63, 3.8) is 0 Å². The number of pyridine rings is 1. The minimum Gasteiger partial charge on any atom is -0.491 e. The van der Waals surface area contributed by atoms with E-state index in [-0.39, 0.29) is 12.0 Å². The summed E-state index contributed by atoms with van der Waals surface area (Å²) in [7, 11) is 0. The molecule has 2 aromatic carbocycles. The number of rotatable bonds is 5. The maximum Gasteiger partial charge on any atom is 0.255 e. The van der Waals surface area contributed by atoms with Crippen LogP contribution in [-0.4, -0.2) is 27.0 Å². The van der Waals surface area contributed by atoms with E-state index in [9.17, 15) is 4.79 Å². The number of aromatic nitrogens is 3. The third-order valence-corrected chi connectivity index (χ3v) is 4.38. The van der Waals surface area contributed by atoms with Crippen molar-refractivity contribution in [2.75, 3.05) is 5.32 Å². The molecule has 0 saturated carbocycles. The van der Waals surface area contributed by atoms with Gasteiger partial charge in [0.25, 0.3) is 5.91 Å². The third kappa shape index (κ3) is 4.06. The number of nitrogens with one attached hydrogen (secondary N) is 1. The summed E-state index contributed by atoms with van der Waals surface area (Å²) in [5.41, 5.74) is 3.76. The van der Waals surface area contributed by atoms with E-state index in [0.717, 1.165) is 22.3 Å². The molecule has 29 heavy (non-hydrogen) atoms. The molecule has 0 aliphatic heterocycles. The zero-order chi connectivity index (χ0) is 20.2. The second-order valence-electron chi connectivity index (χ2n) is 6.83. The highest BCUT2D eigenvalue weighted by atomic mass is 16.5. The largest absolute Gasteiger partial charge is 0.491 e. The van der Waals surface area contributed by atoms with Crippen LogP contribution >= 0.6 is 0 Å². The van der Waals surface area contributed by atoms with Crippen LogP contribution in [0.1, 0.15) is 24.2 Å². The van der Waals surface area contributed by atoms with Gasteiger partial charge in [-0.15, -0.1) is 0 Å². The van der Waals surface area contributed by atoms with Crippen LogP contribution in [-0.2, 0) is 0 Å². The van der Waals surface area contributed by atoms with Crippen LogP contribution in [0.4, 0.5) is 5.69 Å². The van der Waals surface area contributed by atoms with Crippen LogP contribution in [0.5, 0.6) is 5.75 Å². The van der Waals surface area contributed by atoms with Crippen molar-refractivity contribution in [3.05, 3.63) is 79.0 Å². The second-order valence-corrected chi connectivity index (χ2v) is 6.83. The molecule has 0 spiro atoms. The standard InChI is InChI=1S/C23H20N4O2/c1-15(2)29-18-8-6-16(7-9-18)23(28)27-21-5-3-4-20-19(10-11-26-22(20)21)17-12-24-14-25-13-17/h3-15H,1-2H3,(H,27,28). The summed E-state index contributed by atoms with van der Waals surface area (Å²) in [6, 6.07) is 14.7. The molecule has 0 radical (unpaired) electrons. The first-order chi connectivity index (χ1) is 14.1. The van der Waals surface area contributed by atoms with Crippen LogP contribution in [0.2, 0.25) is 0 Å². The fraction of sp³-hybridized carbons (Fsp3) is 0.130. The van der Waals surface area contributed by atoms with Crippen LogP contribution < -0.4 is 10.1 Å². The number of amides is 1. The van der Waals surface area contributed by atoms with Gasteiger partial charge in [-0.3, -0.25) is 9.78 Å². The zero-order valence-corrected chi connectivity index (χ0v) is 16.2. The van der Waals surface area contributed by atoms with Crippen molar-refractivity contribution in [2.24, 2.45) is 0 Å². The van der Waals surface area contributed by atoms with Gasteiger partial charge in [-0.05, 0) is 55.8 Å². The summed E-state index contributed by atoms with van der Waals surface area (Å²) in [6.07, 6.45) is 6.82. The highest BCUT2D eigenvalue weighted by Gasteiger charge is 2.12. The molecule has 6 nitrogen and oxygen atoms in total. The van der Waals surface area contributed by atoms with E-state index in [1.807, 2.05) is 38.1 Å². The highest BCUT2D eigenvalue weighted by molar-refractivity contribution is 6.10. The smallest absolute Gasteiger partial charge is 0.255 e. The second kappa shape index (κ2) is 8.06. The molecule has 0 bridgehead atoms. The minimum atomic E-state index is -0.205. The average molecular weight is 384 g/mol. The molecule has 4 aromatic rings. The molecule has 2 aromatic heterocycles. The number of benzene rings is 2. The molecule has 0 fully saturated rings. The number of para-hydroxylation sites is 1. The van der Waals surface area contributed by atoms with E-state index in [4.69, 9.17) is 4.74 Å². The SMILES string of the molecule is CC(C)Oc1ccc(C(=O)Nc2cccc3c(-c4cncnc4)ccnc23)cc1. The lowest BCUT2D eigenvalue weighted by molar-refractivity contribution is 0.102. The Morgan fingerprint density at radius 2 is 1.76 bits per heavy atom. The molecule has 0 atom stereocenters. The molecule has 1 amide bonds. The number of fused-ring (bicyclic) bond motifs is 1. The maximum atomic E-state index is 12.7. The molecule has 2 heterocycles. The molecular weight excluding hydrogens is 364 g/mol. The maximum absolute atomic E-state index is 12.7. The molecule has 0 saturated heterocycles. The normalized spacial score (nSPS) is 10.9. The summed E-state index contributed by atoms with van der Waals surface area (Å²) in [5.74, 6) is 0.530. The molecule has 6 heteroatoms. The van der Waals surface area contributed by atoms with Crippen molar-refractivity contribution in [3.8, 4) is 16.9 Å². The number of carbonyl (C=O) groups is 1. The predicted octanol–water partition coefficient (Wildman–Crippen LogP) is 4.73. The Labute approximate surface area is 168 Å². The Kier molecular flexibility index (Phi) is 5.16. The molecule has 4 rings (SSSR count). The van der Waals surface area contributed by atoms with Crippen LogP contribution in [0.15, 0.2) is 73.4 Å². The summed E-state index contributed by atoms with van der Waals surface area (Å²) in [4.78, 5) is 25.4. The van der Waals surface area contributed by atoms with Gasteiger partial charge in [0.1, 0.15) is 12.1 Å². The third-order valence-electron chi connectivity index (χ3n) is 4.38. The fourth-order valence-electron chi connectivity index (χ4n) is 3.12. The molecule has 0 aliphatic carbocycles. The minimum absolute atomic E-state index is 0.0839. The van der Waals surface area contributed by atoms with Gasteiger partial charge in [0, 0.05) is 35.1 Å². The Balaban J connectivity index is 1.64. The van der Waals surface area contributed by atoms with E-state index in [1.165, 1.54) is 6.33 Å². The molecular formula is C23H20N4O2. The van der Waals surface area contributed by atoms with Gasteiger partial charge in [-0.25, -0.2) is 9.97 Å². The number of hydrogen-bond donors (Lipinski definition) is 1. The van der Waals surface area contributed by atoms with Crippen molar-refractivity contribution < 1.29 is 9.53 Å². The number of anilines is 1. The number of carbonyl (C=O) groups excluding carboxylic acids is 1. The number of hydrogen-bond acceptors (Lipinski definition) is 5. The first-order valence-electron chi connectivity index (χ1n) is 9.33. The molecule has 1 N–H and O–H groups in total. The van der Waals surface area contributed by atoms with Gasteiger partial charge < -0.3 is 10.1 Å². The average Bonchev–Trinajstić information content (AvgIpc) is 2.74. The van der Waals surface area contributed by atoms with E-state index < -0.39 is 0 Å². The lowest BCUT2D eigenvalue weighted by Gasteiger charge is -2.12. The Hall–Kier alpha value is -3.80. The fourth-order valence-corrected chi connectivity index (χ4v) is 3.12. The topological polar surface area (TPSA) is 77.0 Å². The summed E-state index contributed by atoms with van der Waals surface area (Å²) in [6.45, 7) is 3.92. The van der Waals surface area contributed by atoms with E-state index in [0.29, 0.717) is 16.8 Å².